The van der Waals surface area contributed by atoms with Crippen LogP contribution in [0.1, 0.15) is 23.1 Å². The predicted molar refractivity (Wildman–Crippen MR) is 68.0 cm³/mol. The Balaban J connectivity index is 2.21. The Morgan fingerprint density at radius 3 is 2.41 bits per heavy atom. The molecular weight excluding hydrogens is 208 g/mol. The molecule has 0 heterocycles. The number of fused-ring (bicyclic) bond motifs is 1. The highest BCUT2D eigenvalue weighted by Crippen LogP contribution is 2.42. The van der Waals surface area contributed by atoms with E-state index in [4.69, 9.17) is 0 Å². The molecule has 2 aromatic rings. The fourth-order valence-electron chi connectivity index (χ4n) is 2.87. The van der Waals surface area contributed by atoms with Crippen molar-refractivity contribution in [3.05, 3.63) is 71.3 Å². The van der Waals surface area contributed by atoms with Crippen molar-refractivity contribution in [3.8, 4) is 0 Å². The maximum atomic E-state index is 11.7. The first kappa shape index (κ1) is 10.3. The molecule has 0 aromatic heterocycles. The second-order valence-corrected chi connectivity index (χ2v) is 4.61. The van der Waals surface area contributed by atoms with Crippen molar-refractivity contribution in [2.45, 2.75) is 18.3 Å². The fraction of sp³-hybridized carbons (Fsp3) is 0.188. The van der Waals surface area contributed by atoms with Crippen LogP contribution >= 0.6 is 0 Å². The Hall–Kier alpha value is -1.89. The molecule has 17 heavy (non-hydrogen) atoms. The van der Waals surface area contributed by atoms with E-state index in [1.165, 1.54) is 11.1 Å². The summed E-state index contributed by atoms with van der Waals surface area (Å²) in [4.78, 5) is 11.7. The van der Waals surface area contributed by atoms with Gasteiger partial charge in [0, 0.05) is 0 Å². The van der Waals surface area contributed by atoms with Crippen LogP contribution in [-0.4, -0.2) is 6.29 Å². The lowest BCUT2D eigenvalue weighted by Gasteiger charge is -2.24. The molecule has 0 fully saturated rings. The van der Waals surface area contributed by atoms with Gasteiger partial charge < -0.3 is 4.79 Å². The second-order valence-electron chi connectivity index (χ2n) is 4.61. The Labute approximate surface area is 101 Å². The molecule has 0 bridgehead atoms. The van der Waals surface area contributed by atoms with Crippen LogP contribution in [0.2, 0.25) is 0 Å². The van der Waals surface area contributed by atoms with Gasteiger partial charge in [0.2, 0.25) is 0 Å². The third kappa shape index (κ3) is 1.42. The SMILES string of the molecule is O=C[C@@]1(c2ccccc2)CCc2ccccc21. The number of benzene rings is 2. The molecule has 0 radical (unpaired) electrons. The van der Waals surface area contributed by atoms with Gasteiger partial charge in [-0.15, -0.1) is 0 Å². The highest BCUT2D eigenvalue weighted by Gasteiger charge is 2.39. The van der Waals surface area contributed by atoms with Crippen LogP contribution in [0.25, 0.3) is 0 Å². The van der Waals surface area contributed by atoms with E-state index in [0.29, 0.717) is 0 Å². The molecule has 1 nitrogen and oxygen atoms in total. The van der Waals surface area contributed by atoms with Crippen LogP contribution in [0.4, 0.5) is 0 Å². The molecule has 0 aliphatic heterocycles. The molecular formula is C16H14O. The normalized spacial score (nSPS) is 22.1. The van der Waals surface area contributed by atoms with Crippen molar-refractivity contribution in [2.75, 3.05) is 0 Å². The van der Waals surface area contributed by atoms with Gasteiger partial charge in [0.15, 0.2) is 0 Å². The summed E-state index contributed by atoms with van der Waals surface area (Å²) in [5.41, 5.74) is 3.18. The first-order chi connectivity index (χ1) is 8.37. The molecule has 0 saturated carbocycles. The van der Waals surface area contributed by atoms with Gasteiger partial charge in [-0.3, -0.25) is 0 Å². The minimum Gasteiger partial charge on any atom is -0.302 e. The van der Waals surface area contributed by atoms with E-state index in [0.717, 1.165) is 24.7 Å². The summed E-state index contributed by atoms with van der Waals surface area (Å²) in [6.07, 6.45) is 3.00. The van der Waals surface area contributed by atoms with Gasteiger partial charge in [-0.25, -0.2) is 0 Å². The van der Waals surface area contributed by atoms with E-state index in [2.05, 4.69) is 24.3 Å². The first-order valence-electron chi connectivity index (χ1n) is 5.97. The van der Waals surface area contributed by atoms with E-state index in [-0.39, 0.29) is 0 Å². The van der Waals surface area contributed by atoms with E-state index in [9.17, 15) is 4.79 Å². The van der Waals surface area contributed by atoms with Crippen LogP contribution < -0.4 is 0 Å². The number of carbonyl (C=O) groups excluding carboxylic acids is 1. The van der Waals surface area contributed by atoms with Crippen molar-refractivity contribution >= 4 is 6.29 Å². The van der Waals surface area contributed by atoms with Crippen molar-refractivity contribution in [3.63, 3.8) is 0 Å². The molecule has 1 aliphatic carbocycles. The van der Waals surface area contributed by atoms with Gasteiger partial charge in [0.05, 0.1) is 5.41 Å². The summed E-state index contributed by atoms with van der Waals surface area (Å²) in [6.45, 7) is 0. The number of hydrogen-bond acceptors (Lipinski definition) is 1. The minimum absolute atomic E-state index is 0.419. The molecule has 1 atom stereocenters. The Kier molecular flexibility index (Phi) is 2.32. The number of rotatable bonds is 2. The summed E-state index contributed by atoms with van der Waals surface area (Å²) in [7, 11) is 0. The third-order valence-corrected chi connectivity index (χ3v) is 3.78. The second kappa shape index (κ2) is 3.85. The van der Waals surface area contributed by atoms with Crippen LogP contribution in [0.15, 0.2) is 54.6 Å². The van der Waals surface area contributed by atoms with Gasteiger partial charge in [-0.2, -0.15) is 0 Å². The standard InChI is InChI=1S/C16H14O/c17-12-16(14-7-2-1-3-8-14)11-10-13-6-4-5-9-15(13)16/h1-9,12H,10-11H2/t16-/m1/s1. The summed E-state index contributed by atoms with van der Waals surface area (Å²) in [6, 6.07) is 18.4. The van der Waals surface area contributed by atoms with Gasteiger partial charge in [0.1, 0.15) is 6.29 Å². The largest absolute Gasteiger partial charge is 0.302 e. The maximum absolute atomic E-state index is 11.7. The lowest BCUT2D eigenvalue weighted by molar-refractivity contribution is -0.111. The zero-order valence-corrected chi connectivity index (χ0v) is 9.60. The number of aryl methyl sites for hydroxylation is 1. The average molecular weight is 222 g/mol. The Morgan fingerprint density at radius 2 is 1.65 bits per heavy atom. The quantitative estimate of drug-likeness (QED) is 0.713. The van der Waals surface area contributed by atoms with E-state index in [1.807, 2.05) is 30.3 Å². The molecule has 84 valence electrons. The van der Waals surface area contributed by atoms with Gasteiger partial charge in [-0.05, 0) is 29.5 Å². The Morgan fingerprint density at radius 1 is 0.941 bits per heavy atom. The lowest BCUT2D eigenvalue weighted by Crippen LogP contribution is -2.26. The fourth-order valence-corrected chi connectivity index (χ4v) is 2.87. The summed E-state index contributed by atoms with van der Waals surface area (Å²) in [5.74, 6) is 0. The molecule has 1 heteroatoms. The number of carbonyl (C=O) groups is 1. The van der Waals surface area contributed by atoms with Crippen LogP contribution in [-0.2, 0) is 16.6 Å². The van der Waals surface area contributed by atoms with Crippen molar-refractivity contribution in [1.82, 2.24) is 0 Å². The molecule has 0 amide bonds. The average Bonchev–Trinajstić information content (AvgIpc) is 2.80. The monoisotopic (exact) mass is 222 g/mol. The van der Waals surface area contributed by atoms with Crippen molar-refractivity contribution in [1.29, 1.82) is 0 Å². The molecule has 0 saturated heterocycles. The van der Waals surface area contributed by atoms with Crippen LogP contribution in [0, 0.1) is 0 Å². The molecule has 0 spiro atoms. The van der Waals surface area contributed by atoms with Gasteiger partial charge in [-0.1, -0.05) is 54.6 Å². The third-order valence-electron chi connectivity index (χ3n) is 3.78. The molecule has 1 aliphatic rings. The zero-order valence-electron chi connectivity index (χ0n) is 9.60. The van der Waals surface area contributed by atoms with Crippen LogP contribution in [0.3, 0.4) is 0 Å². The van der Waals surface area contributed by atoms with E-state index >= 15 is 0 Å². The van der Waals surface area contributed by atoms with Gasteiger partial charge in [0.25, 0.3) is 0 Å². The smallest absolute Gasteiger partial charge is 0.134 e. The topological polar surface area (TPSA) is 17.1 Å². The molecule has 3 rings (SSSR count). The van der Waals surface area contributed by atoms with Crippen LogP contribution in [0.5, 0.6) is 0 Å². The Bertz CT molecular complexity index is 544. The maximum Gasteiger partial charge on any atom is 0.134 e. The number of hydrogen-bond donors (Lipinski definition) is 0. The number of aldehydes is 1. The molecule has 2 aromatic carbocycles. The van der Waals surface area contributed by atoms with E-state index in [1.54, 1.807) is 0 Å². The summed E-state index contributed by atoms with van der Waals surface area (Å²) < 4.78 is 0. The molecule has 0 unspecified atom stereocenters. The van der Waals surface area contributed by atoms with Gasteiger partial charge >= 0.3 is 0 Å². The van der Waals surface area contributed by atoms with Crippen molar-refractivity contribution < 1.29 is 4.79 Å². The molecule has 0 N–H and O–H groups in total. The van der Waals surface area contributed by atoms with Crippen molar-refractivity contribution in [2.24, 2.45) is 0 Å². The lowest BCUT2D eigenvalue weighted by atomic mass is 9.77. The highest BCUT2D eigenvalue weighted by atomic mass is 16.1. The summed E-state index contributed by atoms with van der Waals surface area (Å²) >= 11 is 0. The predicted octanol–water partition coefficient (Wildman–Crippen LogP) is 3.12. The van der Waals surface area contributed by atoms with E-state index < -0.39 is 5.41 Å². The first-order valence-corrected chi connectivity index (χ1v) is 5.97. The highest BCUT2D eigenvalue weighted by molar-refractivity contribution is 5.77. The minimum atomic E-state index is -0.419. The summed E-state index contributed by atoms with van der Waals surface area (Å²) in [5, 5.41) is 0. The zero-order chi connectivity index (χ0) is 11.7.